The lowest BCUT2D eigenvalue weighted by molar-refractivity contribution is -0.116. The van der Waals surface area contributed by atoms with Crippen molar-refractivity contribution in [3.05, 3.63) is 65.3 Å². The van der Waals surface area contributed by atoms with E-state index >= 15 is 0 Å². The number of amides is 2. The number of nitrogens with two attached hydrogens (primary N) is 1. The van der Waals surface area contributed by atoms with Crippen LogP contribution in [-0.2, 0) is 9.59 Å². The zero-order valence-electron chi connectivity index (χ0n) is 13.4. The number of anilines is 3. The van der Waals surface area contributed by atoms with Crippen molar-refractivity contribution in [1.29, 1.82) is 5.26 Å². The molecule has 0 saturated heterocycles. The van der Waals surface area contributed by atoms with Crippen molar-refractivity contribution >= 4 is 40.5 Å². The topological polar surface area (TPSA) is 99.2 Å². The maximum absolute atomic E-state index is 12.3. The minimum atomic E-state index is -0.647. The van der Waals surface area contributed by atoms with Gasteiger partial charge in [-0.05, 0) is 42.5 Å². The van der Waals surface area contributed by atoms with Crippen LogP contribution in [0.4, 0.5) is 17.1 Å². The van der Waals surface area contributed by atoms with Gasteiger partial charge in [-0.15, -0.1) is 0 Å². The van der Waals surface area contributed by atoms with Crippen LogP contribution in [0.3, 0.4) is 0 Å². The average Bonchev–Trinajstić information content (AvgIpc) is 2.56. The predicted octanol–water partition coefficient (Wildman–Crippen LogP) is 3.32. The number of benzene rings is 2. The van der Waals surface area contributed by atoms with Crippen LogP contribution < -0.4 is 16.0 Å². The molecule has 2 rings (SSSR count). The standard InChI is InChI=1S/C18H15ClN4O2/c1-12(24)23(17-7-5-15(21)6-8-17)11-13(10-20)18(25)22-16-4-2-3-14(19)9-16/h2-9,11H,21H2,1H3,(H,22,25)/b13-11-. The van der Waals surface area contributed by atoms with Crippen molar-refractivity contribution < 1.29 is 9.59 Å². The molecule has 2 aromatic carbocycles. The first kappa shape index (κ1) is 18.0. The van der Waals surface area contributed by atoms with Gasteiger partial charge in [0.2, 0.25) is 5.91 Å². The Labute approximate surface area is 150 Å². The van der Waals surface area contributed by atoms with Crippen LogP contribution in [0.2, 0.25) is 5.02 Å². The number of hydrogen-bond acceptors (Lipinski definition) is 4. The van der Waals surface area contributed by atoms with Crippen molar-refractivity contribution in [2.75, 3.05) is 16.0 Å². The molecule has 0 saturated carbocycles. The number of carbonyl (C=O) groups is 2. The first-order valence-electron chi connectivity index (χ1n) is 7.25. The third-order valence-electron chi connectivity index (χ3n) is 3.22. The Morgan fingerprint density at radius 2 is 1.92 bits per heavy atom. The largest absolute Gasteiger partial charge is 0.399 e. The lowest BCUT2D eigenvalue weighted by Crippen LogP contribution is -2.25. The summed E-state index contributed by atoms with van der Waals surface area (Å²) in [5.41, 5.74) is 6.87. The molecule has 3 N–H and O–H groups in total. The molecule has 2 aromatic rings. The minimum absolute atomic E-state index is 0.230. The maximum atomic E-state index is 12.3. The molecule has 0 fully saturated rings. The molecule has 0 aliphatic heterocycles. The highest BCUT2D eigenvalue weighted by molar-refractivity contribution is 6.31. The van der Waals surface area contributed by atoms with Gasteiger partial charge in [0.05, 0.1) is 0 Å². The summed E-state index contributed by atoms with van der Waals surface area (Å²) in [4.78, 5) is 25.4. The third kappa shape index (κ3) is 4.83. The summed E-state index contributed by atoms with van der Waals surface area (Å²) < 4.78 is 0. The van der Waals surface area contributed by atoms with E-state index in [0.29, 0.717) is 22.1 Å². The predicted molar refractivity (Wildman–Crippen MR) is 97.8 cm³/mol. The zero-order chi connectivity index (χ0) is 18.4. The van der Waals surface area contributed by atoms with E-state index in [0.717, 1.165) is 0 Å². The van der Waals surface area contributed by atoms with E-state index in [1.54, 1.807) is 54.6 Å². The molecule has 0 aliphatic rings. The summed E-state index contributed by atoms with van der Waals surface area (Å²) in [6.45, 7) is 1.33. The van der Waals surface area contributed by atoms with Gasteiger partial charge in [0, 0.05) is 35.2 Å². The summed E-state index contributed by atoms with van der Waals surface area (Å²) in [5, 5.41) is 12.3. The van der Waals surface area contributed by atoms with Gasteiger partial charge in [0.25, 0.3) is 5.91 Å². The summed E-state index contributed by atoms with van der Waals surface area (Å²) >= 11 is 5.87. The number of rotatable bonds is 4. The second-order valence-electron chi connectivity index (χ2n) is 5.10. The van der Waals surface area contributed by atoms with Crippen LogP contribution in [0.15, 0.2) is 60.3 Å². The van der Waals surface area contributed by atoms with Crippen molar-refractivity contribution in [1.82, 2.24) is 0 Å². The molecule has 0 aromatic heterocycles. The highest BCUT2D eigenvalue weighted by atomic mass is 35.5. The van der Waals surface area contributed by atoms with Crippen LogP contribution in [-0.4, -0.2) is 11.8 Å². The van der Waals surface area contributed by atoms with Gasteiger partial charge in [-0.2, -0.15) is 5.26 Å². The number of halogens is 1. The molecule has 126 valence electrons. The van der Waals surface area contributed by atoms with Crippen molar-refractivity contribution in [2.45, 2.75) is 6.92 Å². The van der Waals surface area contributed by atoms with Crippen molar-refractivity contribution in [2.24, 2.45) is 0 Å². The Balaban J connectivity index is 2.29. The number of nitrogen functional groups attached to an aromatic ring is 1. The Hall–Kier alpha value is -3.30. The molecule has 0 spiro atoms. The quantitative estimate of drug-likeness (QED) is 0.499. The molecule has 0 radical (unpaired) electrons. The molecular weight excluding hydrogens is 340 g/mol. The van der Waals surface area contributed by atoms with Crippen LogP contribution in [0.5, 0.6) is 0 Å². The van der Waals surface area contributed by atoms with Gasteiger partial charge >= 0.3 is 0 Å². The molecule has 0 bridgehead atoms. The van der Waals surface area contributed by atoms with E-state index in [1.165, 1.54) is 18.0 Å². The number of hydrogen-bond donors (Lipinski definition) is 2. The van der Waals surface area contributed by atoms with Crippen LogP contribution in [0, 0.1) is 11.3 Å². The number of carbonyl (C=O) groups excluding carboxylic acids is 2. The molecule has 0 aliphatic carbocycles. The molecule has 6 nitrogen and oxygen atoms in total. The van der Waals surface area contributed by atoms with Crippen LogP contribution >= 0.6 is 11.6 Å². The Morgan fingerprint density at radius 1 is 1.24 bits per heavy atom. The van der Waals surface area contributed by atoms with Crippen LogP contribution in [0.25, 0.3) is 0 Å². The van der Waals surface area contributed by atoms with E-state index in [-0.39, 0.29) is 11.5 Å². The highest BCUT2D eigenvalue weighted by Crippen LogP contribution is 2.19. The van der Waals surface area contributed by atoms with Gasteiger partial charge in [-0.3, -0.25) is 14.5 Å². The highest BCUT2D eigenvalue weighted by Gasteiger charge is 2.15. The first-order chi connectivity index (χ1) is 11.9. The second kappa shape index (κ2) is 7.99. The molecule has 25 heavy (non-hydrogen) atoms. The van der Waals surface area contributed by atoms with Crippen molar-refractivity contribution in [3.8, 4) is 6.07 Å². The number of nitriles is 1. The Bertz CT molecular complexity index is 869. The van der Waals surface area contributed by atoms with Gasteiger partial charge in [0.15, 0.2) is 0 Å². The van der Waals surface area contributed by atoms with Gasteiger partial charge in [-0.25, -0.2) is 0 Å². The average molecular weight is 355 g/mol. The minimum Gasteiger partial charge on any atom is -0.399 e. The molecular formula is C18H15ClN4O2. The molecule has 0 heterocycles. The molecule has 7 heteroatoms. The third-order valence-corrected chi connectivity index (χ3v) is 3.45. The van der Waals surface area contributed by atoms with Crippen LogP contribution in [0.1, 0.15) is 6.92 Å². The molecule has 0 unspecified atom stereocenters. The smallest absolute Gasteiger partial charge is 0.267 e. The summed E-state index contributed by atoms with van der Waals surface area (Å²) in [6.07, 6.45) is 1.19. The fourth-order valence-electron chi connectivity index (χ4n) is 2.01. The second-order valence-corrected chi connectivity index (χ2v) is 5.54. The first-order valence-corrected chi connectivity index (χ1v) is 7.62. The Morgan fingerprint density at radius 3 is 2.48 bits per heavy atom. The van der Waals surface area contributed by atoms with E-state index in [2.05, 4.69) is 5.32 Å². The molecule has 0 atom stereocenters. The zero-order valence-corrected chi connectivity index (χ0v) is 14.1. The van der Waals surface area contributed by atoms with E-state index in [1.807, 2.05) is 0 Å². The van der Waals surface area contributed by atoms with Gasteiger partial charge < -0.3 is 11.1 Å². The fraction of sp³-hybridized carbons (Fsp3) is 0.0556. The number of nitrogens with zero attached hydrogens (tertiary/aromatic N) is 2. The number of nitrogens with one attached hydrogen (secondary N) is 1. The van der Waals surface area contributed by atoms with E-state index in [9.17, 15) is 14.9 Å². The normalized spacial score (nSPS) is 10.7. The van der Waals surface area contributed by atoms with E-state index < -0.39 is 5.91 Å². The van der Waals surface area contributed by atoms with Crippen molar-refractivity contribution in [3.63, 3.8) is 0 Å². The van der Waals surface area contributed by atoms with E-state index in [4.69, 9.17) is 17.3 Å². The Kier molecular flexibility index (Phi) is 5.77. The molecule has 2 amide bonds. The summed E-state index contributed by atoms with van der Waals surface area (Å²) in [6, 6.07) is 14.8. The lowest BCUT2D eigenvalue weighted by atomic mass is 10.2. The summed E-state index contributed by atoms with van der Waals surface area (Å²) in [5.74, 6) is -1.00. The lowest BCUT2D eigenvalue weighted by Gasteiger charge is -2.17. The van der Waals surface area contributed by atoms with Gasteiger partial charge in [0.1, 0.15) is 11.6 Å². The summed E-state index contributed by atoms with van der Waals surface area (Å²) in [7, 11) is 0. The maximum Gasteiger partial charge on any atom is 0.267 e. The SMILES string of the molecule is CC(=O)N(/C=C(/C#N)C(=O)Nc1cccc(Cl)c1)c1ccc(N)cc1. The van der Waals surface area contributed by atoms with Gasteiger partial charge in [-0.1, -0.05) is 17.7 Å². The monoisotopic (exact) mass is 354 g/mol. The fourth-order valence-corrected chi connectivity index (χ4v) is 2.20.